The first-order valence-corrected chi connectivity index (χ1v) is 11.8. The van der Waals surface area contributed by atoms with Crippen LogP contribution in [0.3, 0.4) is 0 Å². The van der Waals surface area contributed by atoms with Crippen LogP contribution in [0.15, 0.2) is 24.3 Å². The Labute approximate surface area is 201 Å². The first kappa shape index (κ1) is 26.0. The maximum absolute atomic E-state index is 13.1. The molecule has 1 saturated carbocycles. The minimum absolute atomic E-state index is 0.0877. The summed E-state index contributed by atoms with van der Waals surface area (Å²) >= 11 is 0. The van der Waals surface area contributed by atoms with Gasteiger partial charge in [0.05, 0.1) is 19.1 Å². The molecule has 2 fully saturated rings. The number of carbonyl (C=O) groups excluding carboxylic acids is 3. The predicted molar refractivity (Wildman–Crippen MR) is 125 cm³/mol. The van der Waals surface area contributed by atoms with Gasteiger partial charge in [-0.15, -0.1) is 0 Å². The maximum Gasteiger partial charge on any atom is 0.413 e. The standard InChI is InChI=1S/C26H37NO7/c1-24(2,3)22(29)33-19-10-8-17(9-11-19)18-12-14-26(15-13-18)27(23(30)34-25(4,5)6)20(16-32-26)21(28)31-7/h8-11,18,20H,12-16H2,1-7H3/t18?,20-,26?/m0/s1. The van der Waals surface area contributed by atoms with Gasteiger partial charge < -0.3 is 18.9 Å². The largest absolute Gasteiger partial charge is 0.467 e. The fraction of sp³-hybridized carbons (Fsp3) is 0.654. The number of ether oxygens (including phenoxy) is 4. The molecule has 1 aromatic carbocycles. The molecule has 0 bridgehead atoms. The van der Waals surface area contributed by atoms with E-state index in [2.05, 4.69) is 0 Å². The lowest BCUT2D eigenvalue weighted by atomic mass is 9.79. The first-order chi connectivity index (χ1) is 15.8. The Morgan fingerprint density at radius 1 is 1.00 bits per heavy atom. The van der Waals surface area contributed by atoms with Gasteiger partial charge in [-0.3, -0.25) is 9.69 Å². The number of amides is 1. The van der Waals surface area contributed by atoms with Crippen molar-refractivity contribution >= 4 is 18.0 Å². The SMILES string of the molecule is COC(=O)[C@@H]1COC2(CCC(c3ccc(OC(=O)C(C)(C)C)cc3)CC2)N1C(=O)OC(C)(C)C. The van der Waals surface area contributed by atoms with Crippen molar-refractivity contribution in [1.29, 1.82) is 0 Å². The van der Waals surface area contributed by atoms with Gasteiger partial charge >= 0.3 is 18.0 Å². The van der Waals surface area contributed by atoms with E-state index in [1.807, 2.05) is 45.0 Å². The van der Waals surface area contributed by atoms with E-state index in [4.69, 9.17) is 18.9 Å². The third-order valence-corrected chi connectivity index (χ3v) is 6.27. The zero-order valence-corrected chi connectivity index (χ0v) is 21.3. The van der Waals surface area contributed by atoms with Crippen molar-refractivity contribution in [3.8, 4) is 5.75 Å². The van der Waals surface area contributed by atoms with E-state index >= 15 is 0 Å². The van der Waals surface area contributed by atoms with E-state index in [0.717, 1.165) is 18.4 Å². The lowest BCUT2D eigenvalue weighted by Crippen LogP contribution is -2.56. The number of nitrogens with zero attached hydrogens (tertiary/aromatic N) is 1. The third-order valence-electron chi connectivity index (χ3n) is 6.27. The predicted octanol–water partition coefficient (Wildman–Crippen LogP) is 4.80. The lowest BCUT2D eigenvalue weighted by molar-refractivity contribution is -0.149. The quantitative estimate of drug-likeness (QED) is 0.458. The molecule has 1 aliphatic heterocycles. The first-order valence-electron chi connectivity index (χ1n) is 11.8. The average molecular weight is 476 g/mol. The minimum atomic E-state index is -0.889. The van der Waals surface area contributed by atoms with Gasteiger partial charge in [0.25, 0.3) is 0 Å². The topological polar surface area (TPSA) is 91.4 Å². The molecule has 8 nitrogen and oxygen atoms in total. The summed E-state index contributed by atoms with van der Waals surface area (Å²) in [6.45, 7) is 10.9. The Morgan fingerprint density at radius 2 is 1.59 bits per heavy atom. The summed E-state index contributed by atoms with van der Waals surface area (Å²) in [5.74, 6) is -0.00255. The molecule has 0 aromatic heterocycles. The lowest BCUT2D eigenvalue weighted by Gasteiger charge is -2.43. The molecule has 8 heteroatoms. The highest BCUT2D eigenvalue weighted by Gasteiger charge is 2.55. The number of carbonyl (C=O) groups is 3. The number of hydrogen-bond acceptors (Lipinski definition) is 7. The van der Waals surface area contributed by atoms with Gasteiger partial charge in [0.1, 0.15) is 17.1 Å². The zero-order valence-electron chi connectivity index (χ0n) is 21.3. The van der Waals surface area contributed by atoms with Gasteiger partial charge in [-0.2, -0.15) is 0 Å². The Balaban J connectivity index is 1.71. The van der Waals surface area contributed by atoms with Gasteiger partial charge in [-0.05, 0) is 90.8 Å². The molecule has 34 heavy (non-hydrogen) atoms. The minimum Gasteiger partial charge on any atom is -0.467 e. The zero-order chi connectivity index (χ0) is 25.3. The van der Waals surface area contributed by atoms with E-state index in [9.17, 15) is 14.4 Å². The Morgan fingerprint density at radius 3 is 2.09 bits per heavy atom. The van der Waals surface area contributed by atoms with Gasteiger partial charge in [0, 0.05) is 0 Å². The van der Waals surface area contributed by atoms with E-state index in [0.29, 0.717) is 18.6 Å². The van der Waals surface area contributed by atoms with Crippen molar-refractivity contribution < 1.29 is 33.3 Å². The van der Waals surface area contributed by atoms with Crippen molar-refractivity contribution in [1.82, 2.24) is 4.90 Å². The van der Waals surface area contributed by atoms with Crippen molar-refractivity contribution in [2.24, 2.45) is 5.41 Å². The molecule has 3 rings (SSSR count). The second-order valence-corrected chi connectivity index (χ2v) is 11.1. The Kier molecular flexibility index (Phi) is 7.31. The van der Waals surface area contributed by atoms with Crippen LogP contribution in [0.1, 0.15) is 78.7 Å². The van der Waals surface area contributed by atoms with Crippen molar-refractivity contribution in [3.63, 3.8) is 0 Å². The van der Waals surface area contributed by atoms with Crippen LogP contribution in [0.4, 0.5) is 4.79 Å². The smallest absolute Gasteiger partial charge is 0.413 e. The fourth-order valence-corrected chi connectivity index (χ4v) is 4.43. The summed E-state index contributed by atoms with van der Waals surface area (Å²) in [5, 5.41) is 0. The number of rotatable bonds is 3. The Hall–Kier alpha value is -2.61. The molecule has 1 heterocycles. The maximum atomic E-state index is 13.1. The van der Waals surface area contributed by atoms with Crippen LogP contribution in [0.25, 0.3) is 0 Å². The molecular weight excluding hydrogens is 438 g/mol. The van der Waals surface area contributed by atoms with Gasteiger partial charge in [-0.25, -0.2) is 9.59 Å². The second-order valence-electron chi connectivity index (χ2n) is 11.1. The van der Waals surface area contributed by atoms with E-state index in [-0.39, 0.29) is 18.5 Å². The summed E-state index contributed by atoms with van der Waals surface area (Å²) in [6.07, 6.45) is 2.13. The van der Waals surface area contributed by atoms with Crippen molar-refractivity contribution in [2.45, 2.75) is 90.5 Å². The van der Waals surface area contributed by atoms with Gasteiger partial charge in [-0.1, -0.05) is 12.1 Å². The molecule has 1 aliphatic carbocycles. The molecule has 0 radical (unpaired) electrons. The van der Waals surface area contributed by atoms with Gasteiger partial charge in [0.15, 0.2) is 6.04 Å². The monoisotopic (exact) mass is 475 g/mol. The van der Waals surface area contributed by atoms with Crippen LogP contribution in [0.2, 0.25) is 0 Å². The fourth-order valence-electron chi connectivity index (χ4n) is 4.43. The molecule has 2 aliphatic rings. The van der Waals surface area contributed by atoms with Crippen molar-refractivity contribution in [3.05, 3.63) is 29.8 Å². The number of benzene rings is 1. The van der Waals surface area contributed by atoms with Crippen LogP contribution in [-0.2, 0) is 23.8 Å². The normalized spacial score (nSPS) is 25.2. The number of hydrogen-bond donors (Lipinski definition) is 0. The summed E-state index contributed by atoms with van der Waals surface area (Å²) in [5.41, 5.74) is -1.02. The van der Waals surface area contributed by atoms with E-state index < -0.39 is 34.8 Å². The number of esters is 2. The highest BCUT2D eigenvalue weighted by atomic mass is 16.6. The molecule has 1 spiro atoms. The summed E-state index contributed by atoms with van der Waals surface area (Å²) < 4.78 is 22.1. The summed E-state index contributed by atoms with van der Waals surface area (Å²) in [6, 6.07) is 6.76. The molecule has 0 unspecified atom stereocenters. The van der Waals surface area contributed by atoms with E-state index in [1.165, 1.54) is 12.0 Å². The third kappa shape index (κ3) is 5.71. The summed E-state index contributed by atoms with van der Waals surface area (Å²) in [4.78, 5) is 39.1. The summed E-state index contributed by atoms with van der Waals surface area (Å²) in [7, 11) is 1.31. The van der Waals surface area contributed by atoms with Crippen LogP contribution < -0.4 is 4.74 Å². The molecule has 1 aromatic rings. The molecule has 1 saturated heterocycles. The number of methoxy groups -OCH3 is 1. The van der Waals surface area contributed by atoms with Crippen LogP contribution >= 0.6 is 0 Å². The second kappa shape index (κ2) is 9.56. The molecule has 1 atom stereocenters. The highest BCUT2D eigenvalue weighted by molar-refractivity contribution is 5.83. The molecule has 188 valence electrons. The Bertz CT molecular complexity index is 903. The molecular formula is C26H37NO7. The van der Waals surface area contributed by atoms with Crippen molar-refractivity contribution in [2.75, 3.05) is 13.7 Å². The van der Waals surface area contributed by atoms with E-state index in [1.54, 1.807) is 20.8 Å². The highest BCUT2D eigenvalue weighted by Crippen LogP contribution is 2.46. The molecule has 1 amide bonds. The van der Waals surface area contributed by atoms with Crippen LogP contribution in [0.5, 0.6) is 5.75 Å². The molecule has 0 N–H and O–H groups in total. The average Bonchev–Trinajstić information content (AvgIpc) is 3.11. The van der Waals surface area contributed by atoms with Crippen LogP contribution in [-0.4, -0.2) is 54.0 Å². The van der Waals surface area contributed by atoms with Crippen LogP contribution in [0, 0.1) is 5.41 Å². The van der Waals surface area contributed by atoms with Gasteiger partial charge in [0.2, 0.25) is 0 Å².